The number of nitriles is 1. The Bertz CT molecular complexity index is 714. The first-order valence-electron chi connectivity index (χ1n) is 8.33. The summed E-state index contributed by atoms with van der Waals surface area (Å²) in [7, 11) is 2.16. The number of benzene rings is 1. The van der Waals surface area contributed by atoms with Crippen LogP contribution in [0.2, 0.25) is 0 Å². The highest BCUT2D eigenvalue weighted by molar-refractivity contribution is 5.41. The Morgan fingerprint density at radius 1 is 1.08 bits per heavy atom. The van der Waals surface area contributed by atoms with Crippen molar-refractivity contribution < 1.29 is 0 Å². The standard InChI is InChI=1S/C19H23N5/c1-23-7-9-24(10-8-23)19-12-18(5-6-22-19)15-21-14-17-4-2-3-16(11-17)13-20/h2-6,11-12,21H,7-10,14-15H2,1H3. The van der Waals surface area contributed by atoms with Crippen LogP contribution in [-0.2, 0) is 13.1 Å². The number of aromatic nitrogens is 1. The van der Waals surface area contributed by atoms with Crippen LogP contribution in [-0.4, -0.2) is 43.1 Å². The first-order valence-corrected chi connectivity index (χ1v) is 8.33. The third-order valence-corrected chi connectivity index (χ3v) is 4.35. The van der Waals surface area contributed by atoms with Gasteiger partial charge in [-0.3, -0.25) is 0 Å². The van der Waals surface area contributed by atoms with Crippen LogP contribution >= 0.6 is 0 Å². The van der Waals surface area contributed by atoms with Gasteiger partial charge in [0.15, 0.2) is 0 Å². The van der Waals surface area contributed by atoms with Gasteiger partial charge in [0, 0.05) is 45.5 Å². The first kappa shape index (κ1) is 16.4. The molecule has 1 aliphatic heterocycles. The third kappa shape index (κ3) is 4.31. The van der Waals surface area contributed by atoms with Crippen LogP contribution in [0.5, 0.6) is 0 Å². The summed E-state index contributed by atoms with van der Waals surface area (Å²) < 4.78 is 0. The summed E-state index contributed by atoms with van der Waals surface area (Å²) in [5, 5.41) is 12.4. The summed E-state index contributed by atoms with van der Waals surface area (Å²) in [6, 6.07) is 14.1. The van der Waals surface area contributed by atoms with E-state index in [0.29, 0.717) is 5.56 Å². The maximum atomic E-state index is 8.95. The van der Waals surface area contributed by atoms with Crippen LogP contribution in [0.3, 0.4) is 0 Å². The van der Waals surface area contributed by atoms with Crippen LogP contribution in [0.25, 0.3) is 0 Å². The van der Waals surface area contributed by atoms with Gasteiger partial charge in [0.25, 0.3) is 0 Å². The molecule has 0 radical (unpaired) electrons. The van der Waals surface area contributed by atoms with Crippen LogP contribution in [0.15, 0.2) is 42.6 Å². The largest absolute Gasteiger partial charge is 0.354 e. The Hall–Kier alpha value is -2.42. The van der Waals surface area contributed by atoms with Crippen LogP contribution in [0.1, 0.15) is 16.7 Å². The molecule has 0 bridgehead atoms. The molecule has 1 aliphatic rings. The molecule has 1 fully saturated rings. The fourth-order valence-electron chi connectivity index (χ4n) is 2.88. The zero-order chi connectivity index (χ0) is 16.8. The van der Waals surface area contributed by atoms with Crippen molar-refractivity contribution in [3.05, 3.63) is 59.3 Å². The van der Waals surface area contributed by atoms with Gasteiger partial charge < -0.3 is 15.1 Å². The van der Waals surface area contributed by atoms with Crippen LogP contribution in [0, 0.1) is 11.3 Å². The lowest BCUT2D eigenvalue weighted by Crippen LogP contribution is -2.44. The summed E-state index contributed by atoms with van der Waals surface area (Å²) in [5.74, 6) is 1.06. The summed E-state index contributed by atoms with van der Waals surface area (Å²) in [5.41, 5.74) is 3.06. The predicted octanol–water partition coefficient (Wildman–Crippen LogP) is 1.99. The van der Waals surface area contributed by atoms with E-state index in [2.05, 4.69) is 45.4 Å². The molecule has 124 valence electrons. The second-order valence-electron chi connectivity index (χ2n) is 6.23. The van der Waals surface area contributed by atoms with Crippen molar-refractivity contribution in [3.63, 3.8) is 0 Å². The van der Waals surface area contributed by atoms with Gasteiger partial charge in [-0.05, 0) is 42.4 Å². The van der Waals surface area contributed by atoms with Gasteiger partial charge in [0.1, 0.15) is 5.82 Å². The van der Waals surface area contributed by atoms with Crippen LogP contribution in [0.4, 0.5) is 5.82 Å². The molecule has 1 aromatic carbocycles. The fourth-order valence-corrected chi connectivity index (χ4v) is 2.88. The Morgan fingerprint density at radius 2 is 1.83 bits per heavy atom. The molecule has 0 atom stereocenters. The van der Waals surface area contributed by atoms with E-state index in [4.69, 9.17) is 5.26 Å². The predicted molar refractivity (Wildman–Crippen MR) is 95.6 cm³/mol. The molecule has 5 heteroatoms. The molecule has 2 aromatic rings. The highest BCUT2D eigenvalue weighted by Gasteiger charge is 2.15. The van der Waals surface area contributed by atoms with Gasteiger partial charge in [0.2, 0.25) is 0 Å². The lowest BCUT2D eigenvalue weighted by Gasteiger charge is -2.33. The van der Waals surface area contributed by atoms with Crippen molar-refractivity contribution in [2.24, 2.45) is 0 Å². The Balaban J connectivity index is 1.56. The van der Waals surface area contributed by atoms with Crippen molar-refractivity contribution in [2.75, 3.05) is 38.1 Å². The van der Waals surface area contributed by atoms with E-state index in [1.807, 2.05) is 30.5 Å². The lowest BCUT2D eigenvalue weighted by molar-refractivity contribution is 0.312. The first-order chi connectivity index (χ1) is 11.7. The Morgan fingerprint density at radius 3 is 2.58 bits per heavy atom. The van der Waals surface area contributed by atoms with E-state index in [-0.39, 0.29) is 0 Å². The summed E-state index contributed by atoms with van der Waals surface area (Å²) >= 11 is 0. The average molecular weight is 321 g/mol. The molecule has 0 unspecified atom stereocenters. The normalized spacial score (nSPS) is 15.2. The lowest BCUT2D eigenvalue weighted by atomic mass is 10.1. The van der Waals surface area contributed by atoms with Crippen molar-refractivity contribution in [1.29, 1.82) is 5.26 Å². The van der Waals surface area contributed by atoms with E-state index < -0.39 is 0 Å². The Kier molecular flexibility index (Phi) is 5.42. The van der Waals surface area contributed by atoms with E-state index in [0.717, 1.165) is 50.6 Å². The molecule has 1 saturated heterocycles. The van der Waals surface area contributed by atoms with E-state index in [9.17, 15) is 0 Å². The minimum absolute atomic E-state index is 0.704. The molecule has 0 saturated carbocycles. The van der Waals surface area contributed by atoms with Crippen LogP contribution < -0.4 is 10.2 Å². The van der Waals surface area contributed by atoms with E-state index in [1.54, 1.807) is 0 Å². The van der Waals surface area contributed by atoms with E-state index >= 15 is 0 Å². The van der Waals surface area contributed by atoms with Crippen molar-refractivity contribution in [1.82, 2.24) is 15.2 Å². The number of anilines is 1. The molecule has 0 spiro atoms. The Labute approximate surface area is 143 Å². The monoisotopic (exact) mass is 321 g/mol. The van der Waals surface area contributed by atoms with Gasteiger partial charge in [-0.2, -0.15) is 5.26 Å². The summed E-state index contributed by atoms with van der Waals surface area (Å²) in [6.45, 7) is 5.77. The summed E-state index contributed by atoms with van der Waals surface area (Å²) in [6.07, 6.45) is 1.89. The molecule has 1 N–H and O–H groups in total. The van der Waals surface area contributed by atoms with Gasteiger partial charge in [-0.15, -0.1) is 0 Å². The zero-order valence-corrected chi connectivity index (χ0v) is 14.1. The molecule has 2 heterocycles. The fraction of sp³-hybridized carbons (Fsp3) is 0.368. The number of nitrogens with zero attached hydrogens (tertiary/aromatic N) is 4. The highest BCUT2D eigenvalue weighted by Crippen LogP contribution is 2.15. The second kappa shape index (κ2) is 7.91. The smallest absolute Gasteiger partial charge is 0.128 e. The van der Waals surface area contributed by atoms with Gasteiger partial charge >= 0.3 is 0 Å². The number of rotatable bonds is 5. The number of nitrogens with one attached hydrogen (secondary N) is 1. The number of hydrogen-bond acceptors (Lipinski definition) is 5. The quantitative estimate of drug-likeness (QED) is 0.913. The third-order valence-electron chi connectivity index (χ3n) is 4.35. The molecular formula is C19H23N5. The maximum absolute atomic E-state index is 8.95. The number of pyridine rings is 1. The molecule has 24 heavy (non-hydrogen) atoms. The molecule has 1 aromatic heterocycles. The maximum Gasteiger partial charge on any atom is 0.128 e. The van der Waals surface area contributed by atoms with Crippen molar-refractivity contribution in [2.45, 2.75) is 13.1 Å². The molecule has 0 amide bonds. The van der Waals surface area contributed by atoms with Crippen molar-refractivity contribution in [3.8, 4) is 6.07 Å². The minimum Gasteiger partial charge on any atom is -0.354 e. The second-order valence-corrected chi connectivity index (χ2v) is 6.23. The van der Waals surface area contributed by atoms with Crippen molar-refractivity contribution >= 4 is 5.82 Å². The minimum atomic E-state index is 0.704. The van der Waals surface area contributed by atoms with E-state index in [1.165, 1.54) is 5.56 Å². The number of hydrogen-bond donors (Lipinski definition) is 1. The van der Waals surface area contributed by atoms with Gasteiger partial charge in [-0.1, -0.05) is 12.1 Å². The summed E-state index contributed by atoms with van der Waals surface area (Å²) in [4.78, 5) is 9.21. The molecule has 0 aliphatic carbocycles. The average Bonchev–Trinajstić information content (AvgIpc) is 2.63. The molecule has 5 nitrogen and oxygen atoms in total. The van der Waals surface area contributed by atoms with Gasteiger partial charge in [-0.25, -0.2) is 4.98 Å². The van der Waals surface area contributed by atoms with Gasteiger partial charge in [0.05, 0.1) is 11.6 Å². The molecular weight excluding hydrogens is 298 g/mol. The topological polar surface area (TPSA) is 55.2 Å². The number of piperazine rings is 1. The molecule has 3 rings (SSSR count). The highest BCUT2D eigenvalue weighted by atomic mass is 15.3. The number of likely N-dealkylation sites (N-methyl/N-ethyl adjacent to an activating group) is 1. The zero-order valence-electron chi connectivity index (χ0n) is 14.1. The SMILES string of the molecule is CN1CCN(c2cc(CNCc3cccc(C#N)c3)ccn2)CC1.